The fraction of sp³-hybridized carbons (Fsp3) is 0.960. The largest absolute Gasteiger partial charge is 0.394 e. The van der Waals surface area contributed by atoms with Crippen LogP contribution in [0.3, 0.4) is 0 Å². The molecule has 180 valence electrons. The quantitative estimate of drug-likeness (QED) is 0.195. The lowest BCUT2D eigenvalue weighted by Gasteiger charge is -2.07. The Bertz CT molecular complexity index is 350. The summed E-state index contributed by atoms with van der Waals surface area (Å²) in [6.45, 7) is 7.05. The second kappa shape index (κ2) is 24.6. The van der Waals surface area contributed by atoms with Gasteiger partial charge in [-0.3, -0.25) is 4.79 Å². The van der Waals surface area contributed by atoms with Crippen LogP contribution in [0, 0.1) is 5.92 Å². The topological polar surface area (TPSA) is 67.8 Å². The number of carbonyl (C=O) groups excluding carboxylic acids is 1. The van der Waals surface area contributed by atoms with E-state index in [4.69, 9.17) is 14.6 Å². The van der Waals surface area contributed by atoms with Crippen LogP contribution in [0.1, 0.15) is 110 Å². The van der Waals surface area contributed by atoms with Gasteiger partial charge in [0.1, 0.15) is 0 Å². The van der Waals surface area contributed by atoms with E-state index in [1.54, 1.807) is 0 Å². The SMILES string of the molecule is CC(C)CCCCCCCCCCCCCCCC(=O)NCCOCCOCCO. The standard InChI is InChI=1S/C25H51NO4/c1-24(2)16-14-12-10-8-6-4-3-5-7-9-11-13-15-17-25(28)26-18-20-29-22-23-30-21-19-27/h24,27H,3-23H2,1-2H3,(H,26,28). The predicted molar refractivity (Wildman–Crippen MR) is 126 cm³/mol. The zero-order chi connectivity index (χ0) is 22.1. The molecular weight excluding hydrogens is 378 g/mol. The summed E-state index contributed by atoms with van der Waals surface area (Å²) in [5.41, 5.74) is 0. The van der Waals surface area contributed by atoms with Crippen molar-refractivity contribution in [2.24, 2.45) is 5.92 Å². The Hall–Kier alpha value is -0.650. The van der Waals surface area contributed by atoms with Crippen LogP contribution in [0.15, 0.2) is 0 Å². The average molecular weight is 430 g/mol. The Labute approximate surface area is 186 Å². The number of aliphatic hydroxyl groups excluding tert-OH is 1. The van der Waals surface area contributed by atoms with E-state index in [0.29, 0.717) is 39.4 Å². The first kappa shape index (κ1) is 29.4. The molecule has 0 rings (SSSR count). The van der Waals surface area contributed by atoms with Crippen molar-refractivity contribution >= 4 is 5.91 Å². The van der Waals surface area contributed by atoms with E-state index in [1.807, 2.05) is 0 Å². The molecule has 0 atom stereocenters. The van der Waals surface area contributed by atoms with Gasteiger partial charge in [0.25, 0.3) is 0 Å². The van der Waals surface area contributed by atoms with Gasteiger partial charge in [0.05, 0.1) is 33.0 Å². The smallest absolute Gasteiger partial charge is 0.220 e. The molecular formula is C25H51NO4. The monoisotopic (exact) mass is 429 g/mol. The molecule has 0 saturated carbocycles. The van der Waals surface area contributed by atoms with Gasteiger partial charge >= 0.3 is 0 Å². The normalized spacial score (nSPS) is 11.3. The summed E-state index contributed by atoms with van der Waals surface area (Å²) >= 11 is 0. The van der Waals surface area contributed by atoms with Gasteiger partial charge in [-0.15, -0.1) is 0 Å². The fourth-order valence-corrected chi connectivity index (χ4v) is 3.52. The van der Waals surface area contributed by atoms with Crippen molar-refractivity contribution in [3.8, 4) is 0 Å². The highest BCUT2D eigenvalue weighted by atomic mass is 16.5. The molecule has 0 bridgehead atoms. The molecule has 0 unspecified atom stereocenters. The molecule has 0 aliphatic rings. The van der Waals surface area contributed by atoms with Crippen molar-refractivity contribution in [1.82, 2.24) is 5.32 Å². The van der Waals surface area contributed by atoms with E-state index < -0.39 is 0 Å². The van der Waals surface area contributed by atoms with Crippen LogP contribution in [0.5, 0.6) is 0 Å². The van der Waals surface area contributed by atoms with Crippen molar-refractivity contribution in [3.05, 3.63) is 0 Å². The Morgan fingerprint density at radius 3 is 1.67 bits per heavy atom. The van der Waals surface area contributed by atoms with Crippen LogP contribution in [-0.2, 0) is 14.3 Å². The highest BCUT2D eigenvalue weighted by Crippen LogP contribution is 2.14. The van der Waals surface area contributed by atoms with Crippen LogP contribution >= 0.6 is 0 Å². The third-order valence-electron chi connectivity index (χ3n) is 5.36. The molecule has 0 saturated heterocycles. The van der Waals surface area contributed by atoms with Crippen molar-refractivity contribution < 1.29 is 19.4 Å². The molecule has 0 aliphatic heterocycles. The first-order valence-corrected chi connectivity index (χ1v) is 12.7. The summed E-state index contributed by atoms with van der Waals surface area (Å²) < 4.78 is 10.4. The zero-order valence-electron chi connectivity index (χ0n) is 20.1. The van der Waals surface area contributed by atoms with E-state index in [-0.39, 0.29) is 12.5 Å². The van der Waals surface area contributed by atoms with Crippen molar-refractivity contribution in [3.63, 3.8) is 0 Å². The minimum atomic E-state index is 0.0366. The maximum atomic E-state index is 11.7. The number of rotatable bonds is 24. The van der Waals surface area contributed by atoms with Crippen LogP contribution in [-0.4, -0.2) is 50.6 Å². The molecule has 0 spiro atoms. The molecule has 1 amide bonds. The van der Waals surface area contributed by atoms with Crippen LogP contribution in [0.2, 0.25) is 0 Å². The first-order valence-electron chi connectivity index (χ1n) is 12.7. The van der Waals surface area contributed by atoms with Gasteiger partial charge in [-0.1, -0.05) is 97.3 Å². The van der Waals surface area contributed by atoms with Crippen LogP contribution in [0.4, 0.5) is 0 Å². The fourth-order valence-electron chi connectivity index (χ4n) is 3.52. The summed E-state index contributed by atoms with van der Waals surface area (Å²) in [7, 11) is 0. The Morgan fingerprint density at radius 2 is 1.17 bits per heavy atom. The summed E-state index contributed by atoms with van der Waals surface area (Å²) in [6, 6.07) is 0. The lowest BCUT2D eigenvalue weighted by molar-refractivity contribution is -0.121. The number of hydrogen-bond donors (Lipinski definition) is 2. The Balaban J connectivity index is 3.13. The van der Waals surface area contributed by atoms with Crippen LogP contribution < -0.4 is 5.32 Å². The van der Waals surface area contributed by atoms with Crippen LogP contribution in [0.25, 0.3) is 0 Å². The number of hydrogen-bond acceptors (Lipinski definition) is 4. The molecule has 5 heteroatoms. The molecule has 0 aromatic heterocycles. The number of ether oxygens (including phenoxy) is 2. The van der Waals surface area contributed by atoms with Gasteiger partial charge in [0.15, 0.2) is 0 Å². The van der Waals surface area contributed by atoms with Crippen molar-refractivity contribution in [1.29, 1.82) is 0 Å². The second-order valence-electron chi connectivity index (χ2n) is 8.83. The van der Waals surface area contributed by atoms with E-state index in [0.717, 1.165) is 18.8 Å². The number of aliphatic hydroxyl groups is 1. The molecule has 0 radical (unpaired) electrons. The third kappa shape index (κ3) is 25.4. The molecule has 30 heavy (non-hydrogen) atoms. The molecule has 0 aliphatic carbocycles. The summed E-state index contributed by atoms with van der Waals surface area (Å²) in [5, 5.41) is 11.5. The van der Waals surface area contributed by atoms with E-state index in [9.17, 15) is 4.79 Å². The van der Waals surface area contributed by atoms with Gasteiger partial charge in [0.2, 0.25) is 5.91 Å². The van der Waals surface area contributed by atoms with E-state index in [1.165, 1.54) is 77.0 Å². The molecule has 0 fully saturated rings. The van der Waals surface area contributed by atoms with Gasteiger partial charge in [-0.05, 0) is 12.3 Å². The molecule has 0 heterocycles. The summed E-state index contributed by atoms with van der Waals surface area (Å²) in [5.74, 6) is 0.988. The Morgan fingerprint density at radius 1 is 0.700 bits per heavy atom. The lowest BCUT2D eigenvalue weighted by Crippen LogP contribution is -2.27. The van der Waals surface area contributed by atoms with Gasteiger partial charge < -0.3 is 19.9 Å². The number of nitrogens with one attached hydrogen (secondary N) is 1. The van der Waals surface area contributed by atoms with Gasteiger partial charge in [-0.25, -0.2) is 0 Å². The molecule has 5 nitrogen and oxygen atoms in total. The zero-order valence-corrected chi connectivity index (χ0v) is 20.1. The highest BCUT2D eigenvalue weighted by molar-refractivity contribution is 5.75. The minimum absolute atomic E-state index is 0.0366. The number of amides is 1. The lowest BCUT2D eigenvalue weighted by atomic mass is 10.0. The summed E-state index contributed by atoms with van der Waals surface area (Å²) in [4.78, 5) is 11.7. The minimum Gasteiger partial charge on any atom is -0.394 e. The van der Waals surface area contributed by atoms with E-state index >= 15 is 0 Å². The number of unbranched alkanes of at least 4 members (excludes halogenated alkanes) is 12. The Kier molecular flexibility index (Phi) is 24.1. The van der Waals surface area contributed by atoms with E-state index in [2.05, 4.69) is 19.2 Å². The maximum Gasteiger partial charge on any atom is 0.220 e. The molecule has 0 aromatic rings. The first-order chi connectivity index (χ1) is 14.7. The molecule has 2 N–H and O–H groups in total. The van der Waals surface area contributed by atoms with Gasteiger partial charge in [0, 0.05) is 13.0 Å². The van der Waals surface area contributed by atoms with Crippen molar-refractivity contribution in [2.45, 2.75) is 110 Å². The summed E-state index contributed by atoms with van der Waals surface area (Å²) in [6.07, 6.45) is 19.3. The maximum absolute atomic E-state index is 11.7. The predicted octanol–water partition coefficient (Wildman–Crippen LogP) is 5.64. The van der Waals surface area contributed by atoms with Crippen molar-refractivity contribution in [2.75, 3.05) is 39.6 Å². The van der Waals surface area contributed by atoms with Gasteiger partial charge in [-0.2, -0.15) is 0 Å². The third-order valence-corrected chi connectivity index (χ3v) is 5.36. The number of carbonyl (C=O) groups is 1. The highest BCUT2D eigenvalue weighted by Gasteiger charge is 2.01. The second-order valence-corrected chi connectivity index (χ2v) is 8.83. The molecule has 0 aromatic carbocycles. The average Bonchev–Trinajstić information content (AvgIpc) is 2.72.